The van der Waals surface area contributed by atoms with Crippen LogP contribution in [0.15, 0.2) is 17.6 Å². The number of likely N-dealkylation sites (tertiary alicyclic amines) is 1. The summed E-state index contributed by atoms with van der Waals surface area (Å²) < 4.78 is 26.7. The summed E-state index contributed by atoms with van der Waals surface area (Å²) in [5.41, 5.74) is 0. The number of piperidine rings is 1. The maximum absolute atomic E-state index is 12.0. The van der Waals surface area contributed by atoms with Gasteiger partial charge in [-0.15, -0.1) is 0 Å². The lowest BCUT2D eigenvalue weighted by molar-refractivity contribution is -0.135. The molecular weight excluding hydrogens is 280 g/mol. The molecule has 0 saturated carbocycles. The zero-order chi connectivity index (χ0) is 14.8. The Morgan fingerprint density at radius 1 is 1.45 bits per heavy atom. The molecule has 1 saturated heterocycles. The minimum absolute atomic E-state index is 0.0202. The molecule has 7 nitrogen and oxygen atoms in total. The van der Waals surface area contributed by atoms with Gasteiger partial charge in [-0.05, 0) is 12.8 Å². The number of imidazole rings is 1. The fourth-order valence-electron chi connectivity index (χ4n) is 2.26. The van der Waals surface area contributed by atoms with E-state index in [0.717, 1.165) is 0 Å². The number of carbonyl (C=O) groups is 1. The summed E-state index contributed by atoms with van der Waals surface area (Å²) in [4.78, 5) is 19.9. The Balaban J connectivity index is 1.91. The molecule has 1 aromatic rings. The van der Waals surface area contributed by atoms with Crippen molar-refractivity contribution in [1.29, 1.82) is 0 Å². The van der Waals surface area contributed by atoms with Gasteiger partial charge in [0.2, 0.25) is 5.91 Å². The molecule has 112 valence electrons. The van der Waals surface area contributed by atoms with Gasteiger partial charge in [0.25, 0.3) is 10.0 Å². The van der Waals surface area contributed by atoms with Gasteiger partial charge in [-0.1, -0.05) is 13.8 Å². The third-order valence-corrected chi connectivity index (χ3v) is 4.83. The lowest BCUT2D eigenvalue weighted by Crippen LogP contribution is -2.47. The molecule has 8 heteroatoms. The number of aromatic nitrogens is 2. The molecule has 0 unspecified atom stereocenters. The fraction of sp³-hybridized carbons (Fsp3) is 0.667. The average molecular weight is 300 g/mol. The van der Waals surface area contributed by atoms with E-state index < -0.39 is 10.0 Å². The molecule has 1 amide bonds. The van der Waals surface area contributed by atoms with Gasteiger partial charge >= 0.3 is 0 Å². The summed E-state index contributed by atoms with van der Waals surface area (Å²) >= 11 is 0. The first kappa shape index (κ1) is 15.0. The number of hydrogen-bond donors (Lipinski definition) is 2. The summed E-state index contributed by atoms with van der Waals surface area (Å²) in [6, 6.07) is -0.139. The SMILES string of the molecule is CC(C)C(=O)N1CCC(NS(=O)(=O)c2cnc[nH]2)CC1. The van der Waals surface area contributed by atoms with E-state index in [0.29, 0.717) is 25.9 Å². The molecule has 0 aromatic carbocycles. The molecule has 0 aliphatic carbocycles. The number of hydrogen-bond acceptors (Lipinski definition) is 4. The minimum atomic E-state index is -3.54. The van der Waals surface area contributed by atoms with E-state index in [1.54, 1.807) is 4.90 Å². The van der Waals surface area contributed by atoms with Crippen molar-refractivity contribution in [3.05, 3.63) is 12.5 Å². The van der Waals surface area contributed by atoms with Gasteiger partial charge in [-0.25, -0.2) is 18.1 Å². The van der Waals surface area contributed by atoms with Crippen molar-refractivity contribution < 1.29 is 13.2 Å². The lowest BCUT2D eigenvalue weighted by atomic mass is 10.0. The number of rotatable bonds is 4. The van der Waals surface area contributed by atoms with Gasteiger partial charge in [0.15, 0.2) is 5.03 Å². The standard InChI is InChI=1S/C12H20N4O3S/c1-9(2)12(17)16-5-3-10(4-6-16)15-20(18,19)11-7-13-8-14-11/h7-10,15H,3-6H2,1-2H3,(H,13,14). The zero-order valence-corrected chi connectivity index (χ0v) is 12.5. The molecule has 0 bridgehead atoms. The van der Waals surface area contributed by atoms with Crippen LogP contribution >= 0.6 is 0 Å². The Hall–Kier alpha value is -1.41. The Labute approximate surface area is 118 Å². The number of aromatic amines is 1. The van der Waals surface area contributed by atoms with Crippen LogP contribution in [0.5, 0.6) is 0 Å². The van der Waals surface area contributed by atoms with Gasteiger partial charge in [-0.2, -0.15) is 0 Å². The molecule has 2 rings (SSSR count). The highest BCUT2D eigenvalue weighted by Crippen LogP contribution is 2.15. The molecule has 0 atom stereocenters. The Morgan fingerprint density at radius 2 is 2.10 bits per heavy atom. The van der Waals surface area contributed by atoms with Crippen molar-refractivity contribution in [3.63, 3.8) is 0 Å². The summed E-state index contributed by atoms with van der Waals surface area (Å²) in [5.74, 6) is 0.105. The van der Waals surface area contributed by atoms with Crippen molar-refractivity contribution in [1.82, 2.24) is 19.6 Å². The van der Waals surface area contributed by atoms with Gasteiger partial charge in [0, 0.05) is 25.0 Å². The molecule has 20 heavy (non-hydrogen) atoms. The first-order valence-electron chi connectivity index (χ1n) is 6.69. The molecule has 2 N–H and O–H groups in total. The first-order chi connectivity index (χ1) is 9.40. The van der Waals surface area contributed by atoms with E-state index in [9.17, 15) is 13.2 Å². The molecule has 1 aliphatic rings. The predicted octanol–water partition coefficient (Wildman–Crippen LogP) is 0.335. The molecule has 0 radical (unpaired) electrons. The number of nitrogens with zero attached hydrogens (tertiary/aromatic N) is 2. The van der Waals surface area contributed by atoms with Crippen molar-refractivity contribution in [2.45, 2.75) is 37.8 Å². The number of amides is 1. The van der Waals surface area contributed by atoms with Crippen LogP contribution in [0.2, 0.25) is 0 Å². The third-order valence-electron chi connectivity index (χ3n) is 3.38. The second-order valence-corrected chi connectivity index (χ2v) is 6.97. The fourth-order valence-corrected chi connectivity index (χ4v) is 3.46. The topological polar surface area (TPSA) is 95.2 Å². The van der Waals surface area contributed by atoms with Gasteiger partial charge in [0.1, 0.15) is 0 Å². The van der Waals surface area contributed by atoms with E-state index >= 15 is 0 Å². The van der Waals surface area contributed by atoms with Gasteiger partial charge in [-0.3, -0.25) is 4.79 Å². The predicted molar refractivity (Wildman–Crippen MR) is 73.3 cm³/mol. The maximum Gasteiger partial charge on any atom is 0.257 e. The van der Waals surface area contributed by atoms with Crippen molar-refractivity contribution >= 4 is 15.9 Å². The van der Waals surface area contributed by atoms with Crippen LogP contribution in [0.3, 0.4) is 0 Å². The van der Waals surface area contributed by atoms with Crippen LogP contribution in [0.4, 0.5) is 0 Å². The molecule has 0 spiro atoms. The van der Waals surface area contributed by atoms with Crippen LogP contribution in [0.25, 0.3) is 0 Å². The van der Waals surface area contributed by atoms with E-state index in [-0.39, 0.29) is 22.9 Å². The Bertz CT molecular complexity index is 545. The lowest BCUT2D eigenvalue weighted by Gasteiger charge is -2.33. The number of H-pyrrole nitrogens is 1. The van der Waals surface area contributed by atoms with Crippen LogP contribution in [0, 0.1) is 5.92 Å². The summed E-state index contributed by atoms with van der Waals surface area (Å²) in [6.45, 7) is 4.92. The summed E-state index contributed by atoms with van der Waals surface area (Å²) in [5, 5.41) is 0.0678. The number of nitrogens with one attached hydrogen (secondary N) is 2. The smallest absolute Gasteiger partial charge is 0.257 e. The first-order valence-corrected chi connectivity index (χ1v) is 8.18. The van der Waals surface area contributed by atoms with Crippen molar-refractivity contribution in [2.24, 2.45) is 5.92 Å². The summed E-state index contributed by atoms with van der Waals surface area (Å²) in [6.07, 6.45) is 3.87. The second-order valence-electron chi connectivity index (χ2n) is 5.29. The summed E-state index contributed by atoms with van der Waals surface area (Å²) in [7, 11) is -3.54. The average Bonchev–Trinajstić information content (AvgIpc) is 2.93. The highest BCUT2D eigenvalue weighted by molar-refractivity contribution is 7.89. The highest BCUT2D eigenvalue weighted by Gasteiger charge is 2.27. The molecule has 1 aromatic heterocycles. The van der Waals surface area contributed by atoms with E-state index in [1.165, 1.54) is 12.5 Å². The maximum atomic E-state index is 12.0. The Kier molecular flexibility index (Phi) is 4.44. The van der Waals surface area contributed by atoms with Crippen LogP contribution in [-0.2, 0) is 14.8 Å². The highest BCUT2D eigenvalue weighted by atomic mass is 32.2. The second kappa shape index (κ2) is 5.92. The van der Waals surface area contributed by atoms with Crippen LogP contribution in [0.1, 0.15) is 26.7 Å². The molecule has 1 aliphatic heterocycles. The van der Waals surface area contributed by atoms with Crippen molar-refractivity contribution in [2.75, 3.05) is 13.1 Å². The number of carbonyl (C=O) groups excluding carboxylic acids is 1. The normalized spacial score (nSPS) is 17.6. The van der Waals surface area contributed by atoms with E-state index in [1.807, 2.05) is 13.8 Å². The van der Waals surface area contributed by atoms with Crippen LogP contribution < -0.4 is 4.72 Å². The number of sulfonamides is 1. The monoisotopic (exact) mass is 300 g/mol. The molecule has 2 heterocycles. The molecular formula is C12H20N4O3S. The quantitative estimate of drug-likeness (QED) is 0.838. The minimum Gasteiger partial charge on any atom is -0.342 e. The zero-order valence-electron chi connectivity index (χ0n) is 11.7. The van der Waals surface area contributed by atoms with Crippen molar-refractivity contribution in [3.8, 4) is 0 Å². The third kappa shape index (κ3) is 3.37. The molecule has 1 fully saturated rings. The van der Waals surface area contributed by atoms with E-state index in [2.05, 4.69) is 14.7 Å². The van der Waals surface area contributed by atoms with E-state index in [4.69, 9.17) is 0 Å². The largest absolute Gasteiger partial charge is 0.342 e. The Morgan fingerprint density at radius 3 is 2.60 bits per heavy atom. The van der Waals surface area contributed by atoms with Gasteiger partial charge < -0.3 is 9.88 Å². The van der Waals surface area contributed by atoms with Gasteiger partial charge in [0.05, 0.1) is 12.5 Å². The van der Waals surface area contributed by atoms with Crippen LogP contribution in [-0.4, -0.2) is 48.3 Å².